The zero-order chi connectivity index (χ0) is 19.2. The van der Waals surface area contributed by atoms with Gasteiger partial charge in [0.2, 0.25) is 0 Å². The number of fused-ring (bicyclic) bond motifs is 1. The first kappa shape index (κ1) is 18.9. The van der Waals surface area contributed by atoms with Crippen molar-refractivity contribution < 1.29 is 4.74 Å². The minimum Gasteiger partial charge on any atom is -0.376 e. The lowest BCUT2D eigenvalue weighted by Gasteiger charge is -2.18. The fourth-order valence-electron chi connectivity index (χ4n) is 3.97. The van der Waals surface area contributed by atoms with E-state index < -0.39 is 0 Å². The van der Waals surface area contributed by atoms with Crippen LogP contribution in [0.4, 0.5) is 0 Å². The number of aromatic nitrogens is 2. The van der Waals surface area contributed by atoms with Gasteiger partial charge in [0, 0.05) is 18.0 Å². The smallest absolute Gasteiger partial charge is 0.332 e. The van der Waals surface area contributed by atoms with Crippen LogP contribution in [0.15, 0.2) is 9.59 Å². The summed E-state index contributed by atoms with van der Waals surface area (Å²) >= 11 is 1.58. The van der Waals surface area contributed by atoms with Crippen LogP contribution in [0.25, 0.3) is 10.2 Å². The molecule has 0 radical (unpaired) electrons. The molecule has 1 aliphatic carbocycles. The Labute approximate surface area is 163 Å². The van der Waals surface area contributed by atoms with Gasteiger partial charge in [0.05, 0.1) is 23.6 Å². The van der Waals surface area contributed by atoms with Crippen molar-refractivity contribution >= 4 is 21.6 Å². The molecule has 1 N–H and O–H groups in total. The van der Waals surface area contributed by atoms with Gasteiger partial charge in [-0.2, -0.15) is 0 Å². The normalized spacial score (nSPS) is 21.2. The van der Waals surface area contributed by atoms with E-state index >= 15 is 0 Å². The van der Waals surface area contributed by atoms with Crippen molar-refractivity contribution in [2.24, 2.45) is 0 Å². The number of rotatable bonds is 7. The summed E-state index contributed by atoms with van der Waals surface area (Å²) in [6, 6.07) is 0. The molecule has 7 heteroatoms. The maximum atomic E-state index is 13.3. The first-order valence-corrected chi connectivity index (χ1v) is 10.9. The number of aryl methyl sites for hydroxylation is 1. The Morgan fingerprint density at radius 1 is 1.33 bits per heavy atom. The summed E-state index contributed by atoms with van der Waals surface area (Å²) in [7, 11) is 0. The molecule has 2 aromatic heterocycles. The molecule has 1 saturated carbocycles. The first-order chi connectivity index (χ1) is 13.0. The van der Waals surface area contributed by atoms with Gasteiger partial charge in [-0.1, -0.05) is 6.92 Å². The van der Waals surface area contributed by atoms with Gasteiger partial charge < -0.3 is 10.1 Å². The van der Waals surface area contributed by atoms with Crippen molar-refractivity contribution in [3.63, 3.8) is 0 Å². The van der Waals surface area contributed by atoms with Gasteiger partial charge in [0.25, 0.3) is 5.56 Å². The summed E-state index contributed by atoms with van der Waals surface area (Å²) in [5, 5.41) is 4.15. The molecule has 0 unspecified atom stereocenters. The summed E-state index contributed by atoms with van der Waals surface area (Å²) in [5.41, 5.74) is 0.407. The third kappa shape index (κ3) is 3.30. The van der Waals surface area contributed by atoms with Crippen molar-refractivity contribution in [1.29, 1.82) is 0 Å². The summed E-state index contributed by atoms with van der Waals surface area (Å²) in [6.45, 7) is 9.15. The topological polar surface area (TPSA) is 65.3 Å². The van der Waals surface area contributed by atoms with E-state index in [0.717, 1.165) is 72.5 Å². The van der Waals surface area contributed by atoms with E-state index in [2.05, 4.69) is 12.2 Å². The van der Waals surface area contributed by atoms with Crippen LogP contribution in [0, 0.1) is 6.92 Å². The molecule has 2 fully saturated rings. The summed E-state index contributed by atoms with van der Waals surface area (Å²) in [5.74, 6) is 0. The van der Waals surface area contributed by atoms with E-state index in [0.29, 0.717) is 6.54 Å². The average molecular weight is 392 g/mol. The molecular formula is C20H29N3O3S. The molecule has 148 valence electrons. The largest absolute Gasteiger partial charge is 0.376 e. The lowest BCUT2D eigenvalue weighted by atomic mass is 10.2. The molecule has 27 heavy (non-hydrogen) atoms. The van der Waals surface area contributed by atoms with Gasteiger partial charge in [0.15, 0.2) is 0 Å². The second-order valence-electron chi connectivity index (χ2n) is 8.17. The Morgan fingerprint density at radius 2 is 2.11 bits per heavy atom. The molecule has 3 heterocycles. The Hall–Kier alpha value is -1.44. The fraction of sp³-hybridized carbons (Fsp3) is 0.700. The quantitative estimate of drug-likeness (QED) is 0.737. The third-order valence-corrected chi connectivity index (χ3v) is 7.26. The lowest BCUT2D eigenvalue weighted by Crippen LogP contribution is -2.45. The Kier molecular flexibility index (Phi) is 5.03. The van der Waals surface area contributed by atoms with Crippen molar-refractivity contribution in [3.8, 4) is 0 Å². The van der Waals surface area contributed by atoms with Gasteiger partial charge in [0.1, 0.15) is 4.83 Å². The molecule has 1 saturated heterocycles. The van der Waals surface area contributed by atoms with Crippen LogP contribution in [0.1, 0.15) is 56.4 Å². The minimum absolute atomic E-state index is 0.0629. The monoisotopic (exact) mass is 391 g/mol. The van der Waals surface area contributed by atoms with Gasteiger partial charge in [-0.3, -0.25) is 13.9 Å². The van der Waals surface area contributed by atoms with Crippen molar-refractivity contribution in [3.05, 3.63) is 31.3 Å². The molecule has 2 aromatic rings. The predicted octanol–water partition coefficient (Wildman–Crippen LogP) is 2.72. The molecule has 0 amide bonds. The van der Waals surface area contributed by atoms with Gasteiger partial charge >= 0.3 is 5.69 Å². The number of hydrogen-bond acceptors (Lipinski definition) is 5. The number of hydrogen-bond donors (Lipinski definition) is 1. The first-order valence-electron chi connectivity index (χ1n) is 10.1. The minimum atomic E-state index is -0.324. The van der Waals surface area contributed by atoms with E-state index in [1.807, 2.05) is 18.4 Å². The van der Waals surface area contributed by atoms with Crippen LogP contribution in [0.5, 0.6) is 0 Å². The van der Waals surface area contributed by atoms with Gasteiger partial charge in [-0.25, -0.2) is 4.79 Å². The van der Waals surface area contributed by atoms with Crippen LogP contribution in [-0.2, 0) is 23.4 Å². The Morgan fingerprint density at radius 3 is 2.74 bits per heavy atom. The maximum absolute atomic E-state index is 13.3. The summed E-state index contributed by atoms with van der Waals surface area (Å²) in [4.78, 5) is 28.6. The number of ether oxygens (including phenoxy) is 1. The summed E-state index contributed by atoms with van der Waals surface area (Å²) < 4.78 is 9.13. The van der Waals surface area contributed by atoms with E-state index in [9.17, 15) is 9.59 Å². The SMILES string of the molecule is CCCNCc1sc2c(c1C)c(=O)n(C1(C)CC1)c(=O)n2C[C@H]1CCCO1. The van der Waals surface area contributed by atoms with Crippen LogP contribution in [0.3, 0.4) is 0 Å². The fourth-order valence-corrected chi connectivity index (χ4v) is 5.24. The molecule has 1 atom stereocenters. The van der Waals surface area contributed by atoms with Gasteiger partial charge in [-0.15, -0.1) is 11.3 Å². The predicted molar refractivity (Wildman–Crippen MR) is 109 cm³/mol. The number of nitrogens with one attached hydrogen (secondary N) is 1. The standard InChI is InChI=1S/C20H29N3O3S/c1-4-9-21-11-15-13(2)16-17(24)23(20(3)7-8-20)19(25)22(18(16)27-15)12-14-6-5-10-26-14/h14,21H,4-12H2,1-3H3/t14-/m1/s1. The molecule has 1 aliphatic heterocycles. The van der Waals surface area contributed by atoms with E-state index in [1.54, 1.807) is 11.3 Å². The molecular weight excluding hydrogens is 362 g/mol. The zero-order valence-corrected chi connectivity index (χ0v) is 17.3. The van der Waals surface area contributed by atoms with Crippen molar-refractivity contribution in [1.82, 2.24) is 14.5 Å². The highest BCUT2D eigenvalue weighted by Crippen LogP contribution is 2.41. The van der Waals surface area contributed by atoms with Gasteiger partial charge in [-0.05, 0) is 58.1 Å². The molecule has 4 rings (SSSR count). The third-order valence-electron chi connectivity index (χ3n) is 5.95. The van der Waals surface area contributed by atoms with E-state index in [1.165, 1.54) is 4.57 Å². The molecule has 0 aromatic carbocycles. The Bertz CT molecular complexity index is 961. The average Bonchev–Trinajstić information content (AvgIpc) is 3.05. The summed E-state index contributed by atoms with van der Waals surface area (Å²) in [6.07, 6.45) is 4.92. The molecule has 0 spiro atoms. The van der Waals surface area contributed by atoms with Crippen LogP contribution >= 0.6 is 11.3 Å². The molecule has 6 nitrogen and oxygen atoms in total. The van der Waals surface area contributed by atoms with Crippen molar-refractivity contribution in [2.75, 3.05) is 13.2 Å². The van der Waals surface area contributed by atoms with Crippen molar-refractivity contribution in [2.45, 2.75) is 77.6 Å². The maximum Gasteiger partial charge on any atom is 0.332 e. The van der Waals surface area contributed by atoms with Crippen LogP contribution in [-0.4, -0.2) is 28.4 Å². The molecule has 0 bridgehead atoms. The highest BCUT2D eigenvalue weighted by atomic mass is 32.1. The second kappa shape index (κ2) is 7.18. The van der Waals surface area contributed by atoms with Crippen LogP contribution in [0.2, 0.25) is 0 Å². The Balaban J connectivity index is 1.88. The number of thiophene rings is 1. The number of nitrogens with zero attached hydrogens (tertiary/aromatic N) is 2. The molecule has 2 aliphatic rings. The lowest BCUT2D eigenvalue weighted by molar-refractivity contribution is 0.0964. The zero-order valence-electron chi connectivity index (χ0n) is 16.5. The van der Waals surface area contributed by atoms with E-state index in [-0.39, 0.29) is 22.9 Å². The second-order valence-corrected chi connectivity index (χ2v) is 9.26. The highest BCUT2D eigenvalue weighted by Gasteiger charge is 2.43. The van der Waals surface area contributed by atoms with Crippen LogP contribution < -0.4 is 16.6 Å². The highest BCUT2D eigenvalue weighted by molar-refractivity contribution is 7.18. The van der Waals surface area contributed by atoms with E-state index in [4.69, 9.17) is 4.74 Å².